The molecule has 10 heteroatoms. The van der Waals surface area contributed by atoms with Crippen LogP contribution in [0.5, 0.6) is 0 Å². The van der Waals surface area contributed by atoms with Gasteiger partial charge < -0.3 is 10.3 Å². The van der Waals surface area contributed by atoms with E-state index in [1.165, 1.54) is 24.7 Å². The molecule has 2 aromatic rings. The van der Waals surface area contributed by atoms with E-state index >= 15 is 0 Å². The van der Waals surface area contributed by atoms with Crippen LogP contribution in [0.3, 0.4) is 0 Å². The van der Waals surface area contributed by atoms with Crippen LogP contribution in [-0.2, 0) is 23.6 Å². The Balaban J connectivity index is 2.27. The van der Waals surface area contributed by atoms with Gasteiger partial charge in [0, 0.05) is 13.2 Å². The van der Waals surface area contributed by atoms with Crippen LogP contribution in [0, 0.1) is 0 Å². The van der Waals surface area contributed by atoms with E-state index in [9.17, 15) is 8.42 Å². The van der Waals surface area contributed by atoms with Gasteiger partial charge in [0.05, 0.1) is 6.54 Å². The van der Waals surface area contributed by atoms with Gasteiger partial charge in [0.1, 0.15) is 27.7 Å². The molecular formula is C10H12N6O2S2. The molecule has 0 bridgehead atoms. The lowest BCUT2D eigenvalue weighted by atomic mass is 10.3. The average molecular weight is 312 g/mol. The van der Waals surface area contributed by atoms with E-state index in [4.69, 9.17) is 18.0 Å². The fraction of sp³-hybridized carbons (Fsp3) is 0.200. The van der Waals surface area contributed by atoms with Crippen molar-refractivity contribution in [2.24, 2.45) is 12.8 Å². The number of hydrogen-bond acceptors (Lipinski definition) is 6. The molecule has 3 N–H and O–H groups in total. The van der Waals surface area contributed by atoms with Gasteiger partial charge in [-0.1, -0.05) is 12.2 Å². The summed E-state index contributed by atoms with van der Waals surface area (Å²) in [6.45, 7) is 0.00447. The molecule has 0 aliphatic heterocycles. The fourth-order valence-corrected chi connectivity index (χ4v) is 2.87. The molecule has 0 saturated heterocycles. The Hall–Kier alpha value is -1.91. The van der Waals surface area contributed by atoms with Gasteiger partial charge >= 0.3 is 0 Å². The van der Waals surface area contributed by atoms with Crippen molar-refractivity contribution < 1.29 is 8.42 Å². The van der Waals surface area contributed by atoms with Crippen molar-refractivity contribution in [3.8, 4) is 0 Å². The van der Waals surface area contributed by atoms with E-state index in [1.54, 1.807) is 11.6 Å². The Labute approximate surface area is 121 Å². The van der Waals surface area contributed by atoms with E-state index < -0.39 is 10.0 Å². The van der Waals surface area contributed by atoms with Crippen molar-refractivity contribution in [2.45, 2.75) is 11.4 Å². The molecule has 0 atom stereocenters. The molecule has 106 valence electrons. The Morgan fingerprint density at radius 2 is 2.30 bits per heavy atom. The average Bonchev–Trinajstić information content (AvgIpc) is 2.82. The van der Waals surface area contributed by atoms with Gasteiger partial charge in [0.15, 0.2) is 0 Å². The molecule has 0 aliphatic carbocycles. The van der Waals surface area contributed by atoms with Crippen LogP contribution < -0.4 is 10.5 Å². The number of thiocarbonyl (C=S) groups is 1. The minimum atomic E-state index is -3.79. The standard InChI is InChI=1S/C10H12N6O2S2/c1-16-6-13-15-8(16)5-14-20(17,18)7-3-2-4-12-9(7)10(11)19/h2-4,6,14H,5H2,1H3,(H2,11,19). The highest BCUT2D eigenvalue weighted by molar-refractivity contribution is 7.89. The first-order chi connectivity index (χ1) is 9.42. The summed E-state index contributed by atoms with van der Waals surface area (Å²) in [7, 11) is -2.07. The molecular weight excluding hydrogens is 300 g/mol. The first kappa shape index (κ1) is 14.5. The molecule has 0 amide bonds. The minimum Gasteiger partial charge on any atom is -0.388 e. The quantitative estimate of drug-likeness (QED) is 0.703. The van der Waals surface area contributed by atoms with Crippen molar-refractivity contribution in [2.75, 3.05) is 0 Å². The lowest BCUT2D eigenvalue weighted by Crippen LogP contribution is -2.27. The van der Waals surface area contributed by atoms with Gasteiger partial charge in [-0.05, 0) is 12.1 Å². The predicted octanol–water partition coefficient (Wildman–Crippen LogP) is -0.677. The minimum absolute atomic E-state index is 0.00447. The van der Waals surface area contributed by atoms with Crippen LogP contribution in [0.1, 0.15) is 11.5 Å². The lowest BCUT2D eigenvalue weighted by molar-refractivity contribution is 0.577. The smallest absolute Gasteiger partial charge is 0.243 e. The molecule has 0 fully saturated rings. The van der Waals surface area contributed by atoms with Gasteiger partial charge in [0.2, 0.25) is 10.0 Å². The van der Waals surface area contributed by atoms with E-state index in [0.29, 0.717) is 5.82 Å². The van der Waals surface area contributed by atoms with Gasteiger partial charge in [0.25, 0.3) is 0 Å². The number of hydrogen-bond donors (Lipinski definition) is 2. The maximum absolute atomic E-state index is 12.2. The summed E-state index contributed by atoms with van der Waals surface area (Å²) in [6.07, 6.45) is 2.91. The molecule has 2 aromatic heterocycles. The fourth-order valence-electron chi connectivity index (χ4n) is 1.50. The van der Waals surface area contributed by atoms with Crippen molar-refractivity contribution in [3.63, 3.8) is 0 Å². The third-order valence-corrected chi connectivity index (χ3v) is 4.15. The summed E-state index contributed by atoms with van der Waals surface area (Å²) >= 11 is 4.80. The topological polar surface area (TPSA) is 116 Å². The molecule has 2 rings (SSSR count). The van der Waals surface area contributed by atoms with Gasteiger partial charge in [-0.15, -0.1) is 10.2 Å². The number of aromatic nitrogens is 4. The van der Waals surface area contributed by atoms with E-state index in [2.05, 4.69) is 19.9 Å². The highest BCUT2D eigenvalue weighted by atomic mass is 32.2. The lowest BCUT2D eigenvalue weighted by Gasteiger charge is -2.09. The van der Waals surface area contributed by atoms with Gasteiger partial charge in [-0.3, -0.25) is 4.98 Å². The molecule has 0 saturated carbocycles. The molecule has 0 spiro atoms. The van der Waals surface area contributed by atoms with Crippen molar-refractivity contribution >= 4 is 27.2 Å². The Bertz CT molecular complexity index is 740. The first-order valence-corrected chi connectivity index (χ1v) is 7.38. The summed E-state index contributed by atoms with van der Waals surface area (Å²) in [5.41, 5.74) is 5.54. The largest absolute Gasteiger partial charge is 0.388 e. The third-order valence-electron chi connectivity index (χ3n) is 2.52. The van der Waals surface area contributed by atoms with Crippen LogP contribution in [0.4, 0.5) is 0 Å². The number of nitrogens with zero attached hydrogens (tertiary/aromatic N) is 4. The molecule has 2 heterocycles. The van der Waals surface area contributed by atoms with Crippen LogP contribution in [-0.4, -0.2) is 33.2 Å². The van der Waals surface area contributed by atoms with Gasteiger partial charge in [-0.2, -0.15) is 0 Å². The zero-order chi connectivity index (χ0) is 14.8. The zero-order valence-corrected chi connectivity index (χ0v) is 12.1. The number of nitrogens with one attached hydrogen (secondary N) is 1. The van der Waals surface area contributed by atoms with E-state index in [0.717, 1.165) is 0 Å². The summed E-state index contributed by atoms with van der Waals surface area (Å²) in [4.78, 5) is 3.75. The Morgan fingerprint density at radius 1 is 1.55 bits per heavy atom. The maximum atomic E-state index is 12.2. The first-order valence-electron chi connectivity index (χ1n) is 5.49. The third kappa shape index (κ3) is 2.98. The summed E-state index contributed by atoms with van der Waals surface area (Å²) in [5.74, 6) is 0.481. The normalized spacial score (nSPS) is 11.4. The highest BCUT2D eigenvalue weighted by Crippen LogP contribution is 2.13. The zero-order valence-electron chi connectivity index (χ0n) is 10.5. The molecule has 20 heavy (non-hydrogen) atoms. The van der Waals surface area contributed by atoms with Crippen molar-refractivity contribution in [3.05, 3.63) is 36.2 Å². The van der Waals surface area contributed by atoms with Gasteiger partial charge in [-0.25, -0.2) is 13.1 Å². The Kier molecular flexibility index (Phi) is 4.06. The maximum Gasteiger partial charge on any atom is 0.243 e. The predicted molar refractivity (Wildman–Crippen MR) is 75.2 cm³/mol. The molecule has 0 aliphatic rings. The van der Waals surface area contributed by atoms with E-state index in [-0.39, 0.29) is 22.1 Å². The summed E-state index contributed by atoms with van der Waals surface area (Å²) < 4.78 is 28.5. The monoisotopic (exact) mass is 312 g/mol. The highest BCUT2D eigenvalue weighted by Gasteiger charge is 2.21. The SMILES string of the molecule is Cn1cnnc1CNS(=O)(=O)c1cccnc1C(N)=S. The van der Waals surface area contributed by atoms with Crippen LogP contribution in [0.25, 0.3) is 0 Å². The second kappa shape index (κ2) is 5.61. The molecule has 0 unspecified atom stereocenters. The van der Waals surface area contributed by atoms with E-state index in [1.807, 2.05) is 0 Å². The number of aryl methyl sites for hydroxylation is 1. The summed E-state index contributed by atoms with van der Waals surface area (Å²) in [6, 6.07) is 2.89. The molecule has 0 aromatic carbocycles. The number of rotatable bonds is 5. The van der Waals surface area contributed by atoms with Crippen molar-refractivity contribution in [1.82, 2.24) is 24.5 Å². The van der Waals surface area contributed by atoms with Crippen LogP contribution in [0.2, 0.25) is 0 Å². The molecule has 0 radical (unpaired) electrons. The van der Waals surface area contributed by atoms with Crippen LogP contribution in [0.15, 0.2) is 29.6 Å². The second-order valence-corrected chi connectivity index (χ2v) is 6.07. The molecule has 8 nitrogen and oxygen atoms in total. The number of pyridine rings is 1. The Morgan fingerprint density at radius 3 is 2.90 bits per heavy atom. The number of sulfonamides is 1. The second-order valence-electron chi connectivity index (χ2n) is 3.90. The summed E-state index contributed by atoms with van der Waals surface area (Å²) in [5, 5.41) is 7.46. The number of nitrogens with two attached hydrogens (primary N) is 1. The van der Waals surface area contributed by atoms with Crippen molar-refractivity contribution in [1.29, 1.82) is 0 Å². The van der Waals surface area contributed by atoms with Crippen LogP contribution >= 0.6 is 12.2 Å².